The summed E-state index contributed by atoms with van der Waals surface area (Å²) in [6.07, 6.45) is 2.11. The molecular formula is C11H24N2O. The average Bonchev–Trinajstić information content (AvgIpc) is 2.20. The quantitative estimate of drug-likeness (QED) is 0.672. The minimum Gasteiger partial charge on any atom is -0.368 e. The maximum Gasteiger partial charge on any atom is 0.0787 e. The fourth-order valence-electron chi connectivity index (χ4n) is 2.26. The maximum absolute atomic E-state index is 5.99. The van der Waals surface area contributed by atoms with E-state index in [1.54, 1.807) is 0 Å². The van der Waals surface area contributed by atoms with Crippen LogP contribution in [0.15, 0.2) is 0 Å². The molecule has 1 fully saturated rings. The molecule has 1 rings (SSSR count). The summed E-state index contributed by atoms with van der Waals surface area (Å²) >= 11 is 0. The van der Waals surface area contributed by atoms with Gasteiger partial charge in [-0.3, -0.25) is 0 Å². The molecular weight excluding hydrogens is 176 g/mol. The Morgan fingerprint density at radius 1 is 1.36 bits per heavy atom. The van der Waals surface area contributed by atoms with Crippen molar-refractivity contribution >= 4 is 0 Å². The summed E-state index contributed by atoms with van der Waals surface area (Å²) in [5.74, 6) is 0. The second-order valence-corrected chi connectivity index (χ2v) is 5.32. The van der Waals surface area contributed by atoms with Gasteiger partial charge in [0.1, 0.15) is 0 Å². The van der Waals surface area contributed by atoms with Crippen LogP contribution in [0.1, 0.15) is 40.5 Å². The van der Waals surface area contributed by atoms with Crippen LogP contribution in [0.2, 0.25) is 0 Å². The minimum absolute atomic E-state index is 0.00385. The van der Waals surface area contributed by atoms with Gasteiger partial charge in [-0.2, -0.15) is 0 Å². The highest BCUT2D eigenvalue weighted by atomic mass is 16.5. The zero-order chi connectivity index (χ0) is 10.8. The van der Waals surface area contributed by atoms with Crippen LogP contribution in [0.5, 0.6) is 0 Å². The second-order valence-electron chi connectivity index (χ2n) is 5.32. The summed E-state index contributed by atoms with van der Waals surface area (Å²) in [5, 5.41) is 3.52. The van der Waals surface area contributed by atoms with E-state index >= 15 is 0 Å². The molecule has 84 valence electrons. The first-order valence-electron chi connectivity index (χ1n) is 5.51. The number of ether oxygens (including phenoxy) is 1. The molecule has 3 heteroatoms. The third kappa shape index (κ3) is 2.94. The standard InChI is InChI=1S/C11H24N2O/c1-10(2)8-9(11(3,4)14-10)13-7-5-6-12/h9,13H,5-8,12H2,1-4H3. The highest BCUT2D eigenvalue weighted by Crippen LogP contribution is 2.37. The highest BCUT2D eigenvalue weighted by Gasteiger charge is 2.45. The fourth-order valence-corrected chi connectivity index (χ4v) is 2.26. The lowest BCUT2D eigenvalue weighted by atomic mass is 9.94. The number of hydrogen-bond acceptors (Lipinski definition) is 3. The van der Waals surface area contributed by atoms with E-state index in [-0.39, 0.29) is 11.2 Å². The first kappa shape index (κ1) is 12.0. The van der Waals surface area contributed by atoms with Gasteiger partial charge in [-0.1, -0.05) is 0 Å². The van der Waals surface area contributed by atoms with E-state index < -0.39 is 0 Å². The second kappa shape index (κ2) is 4.17. The van der Waals surface area contributed by atoms with E-state index in [0.29, 0.717) is 6.04 Å². The molecule has 0 radical (unpaired) electrons. The lowest BCUT2D eigenvalue weighted by Crippen LogP contribution is -2.43. The van der Waals surface area contributed by atoms with E-state index in [2.05, 4.69) is 33.0 Å². The van der Waals surface area contributed by atoms with Crippen LogP contribution in [-0.2, 0) is 4.74 Å². The van der Waals surface area contributed by atoms with Crippen molar-refractivity contribution in [1.82, 2.24) is 5.32 Å². The van der Waals surface area contributed by atoms with Gasteiger partial charge in [0.15, 0.2) is 0 Å². The van der Waals surface area contributed by atoms with Crippen molar-refractivity contribution in [2.24, 2.45) is 5.73 Å². The number of nitrogens with two attached hydrogens (primary N) is 1. The molecule has 0 aromatic heterocycles. The number of rotatable bonds is 4. The molecule has 3 nitrogen and oxygen atoms in total. The fraction of sp³-hybridized carbons (Fsp3) is 1.00. The van der Waals surface area contributed by atoms with Crippen molar-refractivity contribution in [3.8, 4) is 0 Å². The Morgan fingerprint density at radius 3 is 2.43 bits per heavy atom. The third-order valence-electron chi connectivity index (χ3n) is 2.85. The highest BCUT2D eigenvalue weighted by molar-refractivity contribution is 4.98. The predicted octanol–water partition coefficient (Wildman–Crippen LogP) is 1.27. The Balaban J connectivity index is 2.44. The van der Waals surface area contributed by atoms with Gasteiger partial charge in [0.05, 0.1) is 11.2 Å². The summed E-state index contributed by atoms with van der Waals surface area (Å²) in [7, 11) is 0. The molecule has 1 unspecified atom stereocenters. The van der Waals surface area contributed by atoms with Gasteiger partial charge in [0.2, 0.25) is 0 Å². The molecule has 1 aliphatic rings. The van der Waals surface area contributed by atoms with Gasteiger partial charge in [0.25, 0.3) is 0 Å². The smallest absolute Gasteiger partial charge is 0.0787 e. The summed E-state index contributed by atoms with van der Waals surface area (Å²) in [6, 6.07) is 0.448. The molecule has 0 saturated carbocycles. The first-order chi connectivity index (χ1) is 6.37. The van der Waals surface area contributed by atoms with Gasteiger partial charge in [-0.05, 0) is 53.6 Å². The molecule has 0 amide bonds. The Hall–Kier alpha value is -0.120. The summed E-state index contributed by atoms with van der Waals surface area (Å²) in [4.78, 5) is 0. The molecule has 1 heterocycles. The van der Waals surface area contributed by atoms with Crippen molar-refractivity contribution in [2.45, 2.75) is 57.8 Å². The van der Waals surface area contributed by atoms with Crippen molar-refractivity contribution < 1.29 is 4.74 Å². The molecule has 0 spiro atoms. The predicted molar refractivity (Wildman–Crippen MR) is 59.3 cm³/mol. The van der Waals surface area contributed by atoms with E-state index in [9.17, 15) is 0 Å². The maximum atomic E-state index is 5.99. The normalized spacial score (nSPS) is 29.4. The lowest BCUT2D eigenvalue weighted by Gasteiger charge is -2.27. The van der Waals surface area contributed by atoms with Crippen LogP contribution in [0, 0.1) is 0 Å². The number of nitrogens with one attached hydrogen (secondary N) is 1. The Bertz CT molecular complexity index is 190. The molecule has 3 N–H and O–H groups in total. The minimum atomic E-state index is -0.0574. The molecule has 1 atom stereocenters. The summed E-state index contributed by atoms with van der Waals surface area (Å²) < 4.78 is 5.99. The molecule has 0 bridgehead atoms. The van der Waals surface area contributed by atoms with Crippen LogP contribution < -0.4 is 11.1 Å². The summed E-state index contributed by atoms with van der Waals surface area (Å²) in [5.41, 5.74) is 5.41. The topological polar surface area (TPSA) is 47.3 Å². The van der Waals surface area contributed by atoms with Crippen molar-refractivity contribution in [1.29, 1.82) is 0 Å². The van der Waals surface area contributed by atoms with Gasteiger partial charge < -0.3 is 15.8 Å². The third-order valence-corrected chi connectivity index (χ3v) is 2.85. The van der Waals surface area contributed by atoms with Crippen LogP contribution in [-0.4, -0.2) is 30.3 Å². The first-order valence-corrected chi connectivity index (χ1v) is 5.51. The van der Waals surface area contributed by atoms with Crippen LogP contribution in [0.3, 0.4) is 0 Å². The van der Waals surface area contributed by atoms with Crippen molar-refractivity contribution in [3.63, 3.8) is 0 Å². The monoisotopic (exact) mass is 200 g/mol. The Morgan fingerprint density at radius 2 is 2.00 bits per heavy atom. The molecule has 14 heavy (non-hydrogen) atoms. The van der Waals surface area contributed by atoms with Gasteiger partial charge in [-0.15, -0.1) is 0 Å². The Kier molecular flexibility index (Phi) is 3.56. The van der Waals surface area contributed by atoms with Crippen LogP contribution in [0.25, 0.3) is 0 Å². The number of hydrogen-bond donors (Lipinski definition) is 2. The van der Waals surface area contributed by atoms with E-state index in [1.165, 1.54) is 0 Å². The molecule has 1 saturated heterocycles. The van der Waals surface area contributed by atoms with Gasteiger partial charge >= 0.3 is 0 Å². The van der Waals surface area contributed by atoms with Crippen LogP contribution in [0.4, 0.5) is 0 Å². The van der Waals surface area contributed by atoms with E-state index in [0.717, 1.165) is 25.9 Å². The zero-order valence-corrected chi connectivity index (χ0v) is 9.89. The van der Waals surface area contributed by atoms with Gasteiger partial charge in [-0.25, -0.2) is 0 Å². The largest absolute Gasteiger partial charge is 0.368 e. The van der Waals surface area contributed by atoms with E-state index in [1.807, 2.05) is 0 Å². The van der Waals surface area contributed by atoms with Crippen LogP contribution >= 0.6 is 0 Å². The van der Waals surface area contributed by atoms with E-state index in [4.69, 9.17) is 10.5 Å². The van der Waals surface area contributed by atoms with Gasteiger partial charge in [0, 0.05) is 6.04 Å². The Labute approximate surface area is 87.4 Å². The SMILES string of the molecule is CC1(C)CC(NCCCN)C(C)(C)O1. The zero-order valence-electron chi connectivity index (χ0n) is 9.89. The van der Waals surface area contributed by atoms with Crippen molar-refractivity contribution in [2.75, 3.05) is 13.1 Å². The molecule has 0 aromatic carbocycles. The summed E-state index contributed by atoms with van der Waals surface area (Å²) in [6.45, 7) is 10.4. The molecule has 0 aromatic rings. The molecule has 1 aliphatic heterocycles. The molecule has 0 aliphatic carbocycles. The average molecular weight is 200 g/mol. The lowest BCUT2D eigenvalue weighted by molar-refractivity contribution is -0.0697. The van der Waals surface area contributed by atoms with Crippen molar-refractivity contribution in [3.05, 3.63) is 0 Å².